The zero-order chi connectivity index (χ0) is 13.9. The maximum absolute atomic E-state index is 11.9. The molecule has 0 aliphatic rings. The molecule has 0 saturated carbocycles. The molecule has 8 heteroatoms. The first kappa shape index (κ1) is 13.1. The summed E-state index contributed by atoms with van der Waals surface area (Å²) in [5, 5.41) is 11.8. The summed E-state index contributed by atoms with van der Waals surface area (Å²) < 4.78 is 2.83. The molecule has 102 valence electrons. The van der Waals surface area contributed by atoms with Crippen LogP contribution >= 0.6 is 23.1 Å². The summed E-state index contributed by atoms with van der Waals surface area (Å²) in [5.41, 5.74) is 0.897. The summed E-state index contributed by atoms with van der Waals surface area (Å²) in [7, 11) is 1.84. The van der Waals surface area contributed by atoms with Crippen LogP contribution < -0.4 is 5.32 Å². The Morgan fingerprint density at radius 2 is 2.30 bits per heavy atom. The number of thiazole rings is 1. The number of aryl methyl sites for hydroxylation is 1. The van der Waals surface area contributed by atoms with E-state index >= 15 is 0 Å². The fourth-order valence-corrected chi connectivity index (χ4v) is 3.18. The summed E-state index contributed by atoms with van der Waals surface area (Å²) in [6, 6.07) is 7.79. The fraction of sp³-hybridized carbons (Fsp3) is 0.167. The molecule has 2 aromatic heterocycles. The van der Waals surface area contributed by atoms with Gasteiger partial charge in [0, 0.05) is 7.05 Å². The summed E-state index contributed by atoms with van der Waals surface area (Å²) in [4.78, 5) is 16.2. The van der Waals surface area contributed by atoms with Crippen molar-refractivity contribution in [3.63, 3.8) is 0 Å². The van der Waals surface area contributed by atoms with Gasteiger partial charge in [0.2, 0.25) is 5.91 Å². The molecule has 6 nitrogen and oxygen atoms in total. The van der Waals surface area contributed by atoms with E-state index in [1.807, 2.05) is 31.3 Å². The highest BCUT2D eigenvalue weighted by atomic mass is 32.2. The molecule has 20 heavy (non-hydrogen) atoms. The number of aromatic nitrogens is 4. The van der Waals surface area contributed by atoms with Crippen molar-refractivity contribution in [3.8, 4) is 0 Å². The average Bonchev–Trinajstić information content (AvgIpc) is 3.01. The molecule has 1 N–H and O–H groups in total. The van der Waals surface area contributed by atoms with Gasteiger partial charge in [-0.2, -0.15) is 0 Å². The number of para-hydroxylation sites is 1. The highest BCUT2D eigenvalue weighted by Crippen LogP contribution is 2.25. The predicted octanol–water partition coefficient (Wildman–Crippen LogP) is 2.16. The molecule has 1 amide bonds. The standard InChI is InChI=1S/C12H11N5OS2/c1-17-7-13-16-12(17)19-6-10(18)15-11-14-8-4-2-3-5-9(8)20-11/h2-5,7H,6H2,1H3,(H,14,15,18). The van der Waals surface area contributed by atoms with E-state index in [2.05, 4.69) is 20.5 Å². The largest absolute Gasteiger partial charge is 0.312 e. The summed E-state index contributed by atoms with van der Waals surface area (Å²) in [6.07, 6.45) is 1.60. The highest BCUT2D eigenvalue weighted by Gasteiger charge is 2.09. The SMILES string of the molecule is Cn1cnnc1SCC(=O)Nc1nc2ccccc2s1. The Labute approximate surface area is 123 Å². The zero-order valence-corrected chi connectivity index (χ0v) is 12.2. The number of hydrogen-bond acceptors (Lipinski definition) is 6. The van der Waals surface area contributed by atoms with Crippen LogP contribution in [0.3, 0.4) is 0 Å². The first-order valence-corrected chi connectivity index (χ1v) is 7.65. The minimum absolute atomic E-state index is 0.0999. The zero-order valence-electron chi connectivity index (χ0n) is 10.6. The molecule has 3 aromatic rings. The van der Waals surface area contributed by atoms with Gasteiger partial charge in [-0.25, -0.2) is 4.98 Å². The van der Waals surface area contributed by atoms with E-state index in [0.717, 1.165) is 10.2 Å². The van der Waals surface area contributed by atoms with Crippen LogP contribution in [-0.2, 0) is 11.8 Å². The van der Waals surface area contributed by atoms with Gasteiger partial charge in [0.05, 0.1) is 16.0 Å². The number of thioether (sulfide) groups is 1. The Hall–Kier alpha value is -1.93. The van der Waals surface area contributed by atoms with Crippen molar-refractivity contribution in [2.75, 3.05) is 11.1 Å². The lowest BCUT2D eigenvalue weighted by molar-refractivity contribution is -0.113. The Morgan fingerprint density at radius 1 is 1.45 bits per heavy atom. The van der Waals surface area contributed by atoms with Crippen LogP contribution in [-0.4, -0.2) is 31.4 Å². The first-order valence-electron chi connectivity index (χ1n) is 5.84. The van der Waals surface area contributed by atoms with E-state index in [9.17, 15) is 4.79 Å². The number of hydrogen-bond donors (Lipinski definition) is 1. The monoisotopic (exact) mass is 305 g/mol. The Kier molecular flexibility index (Phi) is 3.66. The number of nitrogens with one attached hydrogen (secondary N) is 1. The molecule has 0 aliphatic heterocycles. The van der Waals surface area contributed by atoms with E-state index in [4.69, 9.17) is 0 Å². The maximum atomic E-state index is 11.9. The molecule has 1 aromatic carbocycles. The number of nitrogens with zero attached hydrogens (tertiary/aromatic N) is 4. The van der Waals surface area contributed by atoms with Crippen LogP contribution in [0.5, 0.6) is 0 Å². The van der Waals surface area contributed by atoms with Gasteiger partial charge in [-0.1, -0.05) is 35.2 Å². The molecule has 2 heterocycles. The molecular weight excluding hydrogens is 294 g/mol. The van der Waals surface area contributed by atoms with Crippen molar-refractivity contribution < 1.29 is 4.79 Å². The van der Waals surface area contributed by atoms with Gasteiger partial charge in [-0.3, -0.25) is 4.79 Å². The second kappa shape index (κ2) is 5.59. The van der Waals surface area contributed by atoms with Crippen LogP contribution in [0.15, 0.2) is 35.7 Å². The molecule has 3 rings (SSSR count). The summed E-state index contributed by atoms with van der Waals surface area (Å²) in [5.74, 6) is 0.180. The second-order valence-corrected chi connectivity index (χ2v) is 6.02. The van der Waals surface area contributed by atoms with Crippen molar-refractivity contribution >= 4 is 44.4 Å². The lowest BCUT2D eigenvalue weighted by Gasteiger charge is -2.00. The predicted molar refractivity (Wildman–Crippen MR) is 80.0 cm³/mol. The summed E-state index contributed by atoms with van der Waals surface area (Å²) >= 11 is 2.81. The minimum atomic E-state index is -0.0999. The molecular formula is C12H11N5OS2. The minimum Gasteiger partial charge on any atom is -0.312 e. The van der Waals surface area contributed by atoms with E-state index < -0.39 is 0 Å². The molecule has 0 aliphatic carbocycles. The quantitative estimate of drug-likeness (QED) is 0.748. The van der Waals surface area contributed by atoms with Crippen molar-refractivity contribution in [2.24, 2.45) is 7.05 Å². The van der Waals surface area contributed by atoms with Crippen molar-refractivity contribution in [1.29, 1.82) is 0 Å². The number of amides is 1. The van der Waals surface area contributed by atoms with Crippen LogP contribution in [0.4, 0.5) is 5.13 Å². The van der Waals surface area contributed by atoms with Crippen molar-refractivity contribution in [3.05, 3.63) is 30.6 Å². The lowest BCUT2D eigenvalue weighted by Crippen LogP contribution is -2.14. The van der Waals surface area contributed by atoms with Gasteiger partial charge in [-0.15, -0.1) is 10.2 Å². The maximum Gasteiger partial charge on any atom is 0.236 e. The Balaban J connectivity index is 1.62. The Morgan fingerprint density at radius 3 is 3.05 bits per heavy atom. The number of benzene rings is 1. The number of carbonyl (C=O) groups is 1. The second-order valence-electron chi connectivity index (χ2n) is 4.05. The average molecular weight is 305 g/mol. The number of carbonyl (C=O) groups excluding carboxylic acids is 1. The first-order chi connectivity index (χ1) is 9.72. The van der Waals surface area contributed by atoms with Gasteiger partial charge in [0.1, 0.15) is 6.33 Å². The highest BCUT2D eigenvalue weighted by molar-refractivity contribution is 7.99. The summed E-state index contributed by atoms with van der Waals surface area (Å²) in [6.45, 7) is 0. The molecule has 0 unspecified atom stereocenters. The molecule has 0 fully saturated rings. The number of fused-ring (bicyclic) bond motifs is 1. The van der Waals surface area contributed by atoms with Crippen molar-refractivity contribution in [2.45, 2.75) is 5.16 Å². The number of rotatable bonds is 4. The lowest BCUT2D eigenvalue weighted by atomic mass is 10.3. The Bertz CT molecular complexity index is 718. The third-order valence-corrected chi connectivity index (χ3v) is 4.53. The van der Waals surface area contributed by atoms with Gasteiger partial charge in [-0.05, 0) is 12.1 Å². The van der Waals surface area contributed by atoms with Gasteiger partial charge >= 0.3 is 0 Å². The number of anilines is 1. The van der Waals surface area contributed by atoms with E-state index in [0.29, 0.717) is 10.3 Å². The smallest absolute Gasteiger partial charge is 0.236 e. The molecule has 0 atom stereocenters. The van der Waals surface area contributed by atoms with Crippen LogP contribution in [0.25, 0.3) is 10.2 Å². The molecule has 0 bridgehead atoms. The third-order valence-electron chi connectivity index (χ3n) is 2.54. The van der Waals surface area contributed by atoms with E-state index in [1.165, 1.54) is 23.1 Å². The fourth-order valence-electron chi connectivity index (χ4n) is 1.61. The van der Waals surface area contributed by atoms with Crippen molar-refractivity contribution in [1.82, 2.24) is 19.7 Å². The third kappa shape index (κ3) is 2.81. The molecule has 0 saturated heterocycles. The van der Waals surface area contributed by atoms with Crippen LogP contribution in [0, 0.1) is 0 Å². The van der Waals surface area contributed by atoms with Gasteiger partial charge in [0.15, 0.2) is 10.3 Å². The van der Waals surface area contributed by atoms with Gasteiger partial charge < -0.3 is 9.88 Å². The van der Waals surface area contributed by atoms with E-state index in [-0.39, 0.29) is 11.7 Å². The van der Waals surface area contributed by atoms with E-state index in [1.54, 1.807) is 10.9 Å². The van der Waals surface area contributed by atoms with Gasteiger partial charge in [0.25, 0.3) is 0 Å². The molecule has 0 radical (unpaired) electrons. The molecule has 0 spiro atoms. The van der Waals surface area contributed by atoms with Crippen LogP contribution in [0.2, 0.25) is 0 Å². The van der Waals surface area contributed by atoms with Crippen LogP contribution in [0.1, 0.15) is 0 Å². The topological polar surface area (TPSA) is 72.7 Å². The normalized spacial score (nSPS) is 10.8.